The molecule has 0 radical (unpaired) electrons. The number of aryl methyl sites for hydroxylation is 1. The number of pyridine rings is 1. The molecule has 2 aromatic rings. The highest BCUT2D eigenvalue weighted by Crippen LogP contribution is 2.14. The Bertz CT molecular complexity index is 616. The number of hydrogen-bond acceptors (Lipinski definition) is 3. The molecule has 0 bridgehead atoms. The van der Waals surface area contributed by atoms with E-state index in [9.17, 15) is 4.79 Å². The fraction of sp³-hybridized carbons (Fsp3) is 0.368. The zero-order valence-electron chi connectivity index (χ0n) is 14.1. The molecular formula is C19H25N3O. The molecule has 0 unspecified atom stereocenters. The Kier molecular flexibility index (Phi) is 6.15. The first-order chi connectivity index (χ1) is 11.1. The molecular weight excluding hydrogens is 286 g/mol. The van der Waals surface area contributed by atoms with Crippen molar-refractivity contribution in [1.29, 1.82) is 0 Å². The van der Waals surface area contributed by atoms with Crippen LogP contribution in [0.3, 0.4) is 0 Å². The molecule has 4 heteroatoms. The standard InChI is InChI=1S/C19H25N3O/c1-4-16(5-2)19(23)22-18-11-10-17(13-21-18)20-12-15-8-6-14(3)7-9-15/h6-11,13,16,20H,4-5,12H2,1-3H3,(H,21,22,23). The molecule has 23 heavy (non-hydrogen) atoms. The Hall–Kier alpha value is -2.36. The minimum absolute atomic E-state index is 0.0443. The van der Waals surface area contributed by atoms with Crippen LogP contribution in [-0.4, -0.2) is 10.9 Å². The van der Waals surface area contributed by atoms with Gasteiger partial charge in [0.1, 0.15) is 5.82 Å². The molecule has 1 amide bonds. The number of carbonyl (C=O) groups is 1. The highest BCUT2D eigenvalue weighted by molar-refractivity contribution is 5.91. The minimum Gasteiger partial charge on any atom is -0.380 e. The maximum absolute atomic E-state index is 12.0. The van der Waals surface area contributed by atoms with Crippen molar-refractivity contribution in [3.63, 3.8) is 0 Å². The molecule has 2 N–H and O–H groups in total. The average molecular weight is 311 g/mol. The number of anilines is 2. The molecule has 0 spiro atoms. The number of hydrogen-bond donors (Lipinski definition) is 2. The second-order valence-corrected chi connectivity index (χ2v) is 5.77. The van der Waals surface area contributed by atoms with Crippen LogP contribution in [-0.2, 0) is 11.3 Å². The number of aromatic nitrogens is 1. The summed E-state index contributed by atoms with van der Waals surface area (Å²) in [7, 11) is 0. The van der Waals surface area contributed by atoms with Crippen molar-refractivity contribution in [3.05, 3.63) is 53.7 Å². The van der Waals surface area contributed by atoms with Crippen molar-refractivity contribution in [2.45, 2.75) is 40.2 Å². The number of nitrogens with one attached hydrogen (secondary N) is 2. The molecule has 4 nitrogen and oxygen atoms in total. The topological polar surface area (TPSA) is 54.0 Å². The summed E-state index contributed by atoms with van der Waals surface area (Å²) < 4.78 is 0. The van der Waals surface area contributed by atoms with E-state index < -0.39 is 0 Å². The van der Waals surface area contributed by atoms with Gasteiger partial charge in [-0.3, -0.25) is 4.79 Å². The Morgan fingerprint density at radius 3 is 2.35 bits per heavy atom. The summed E-state index contributed by atoms with van der Waals surface area (Å²) in [5.74, 6) is 0.696. The summed E-state index contributed by atoms with van der Waals surface area (Å²) in [4.78, 5) is 16.3. The second-order valence-electron chi connectivity index (χ2n) is 5.77. The zero-order chi connectivity index (χ0) is 16.7. The molecule has 1 aromatic carbocycles. The Labute approximate surface area is 138 Å². The number of carbonyl (C=O) groups excluding carboxylic acids is 1. The highest BCUT2D eigenvalue weighted by atomic mass is 16.1. The monoisotopic (exact) mass is 311 g/mol. The average Bonchev–Trinajstić information content (AvgIpc) is 2.57. The third-order valence-electron chi connectivity index (χ3n) is 3.99. The SMILES string of the molecule is CCC(CC)C(=O)Nc1ccc(NCc2ccc(C)cc2)cn1. The van der Waals surface area contributed by atoms with Crippen LogP contribution in [0.25, 0.3) is 0 Å². The smallest absolute Gasteiger partial charge is 0.228 e. The predicted octanol–water partition coefficient (Wildman–Crippen LogP) is 4.38. The van der Waals surface area contributed by atoms with Gasteiger partial charge >= 0.3 is 0 Å². The van der Waals surface area contributed by atoms with Crippen LogP contribution in [0, 0.1) is 12.8 Å². The van der Waals surface area contributed by atoms with E-state index in [0.29, 0.717) is 5.82 Å². The van der Waals surface area contributed by atoms with Gasteiger partial charge < -0.3 is 10.6 Å². The van der Waals surface area contributed by atoms with Gasteiger partial charge in [-0.2, -0.15) is 0 Å². The summed E-state index contributed by atoms with van der Waals surface area (Å²) in [6.45, 7) is 6.88. The minimum atomic E-state index is 0.0443. The van der Waals surface area contributed by atoms with Crippen molar-refractivity contribution < 1.29 is 4.79 Å². The molecule has 1 aromatic heterocycles. The van der Waals surface area contributed by atoms with E-state index in [-0.39, 0.29) is 11.8 Å². The number of nitrogens with zero attached hydrogens (tertiary/aromatic N) is 1. The van der Waals surface area contributed by atoms with Gasteiger partial charge in [-0.15, -0.1) is 0 Å². The number of amides is 1. The van der Waals surface area contributed by atoms with Crippen LogP contribution in [0.4, 0.5) is 11.5 Å². The van der Waals surface area contributed by atoms with E-state index in [4.69, 9.17) is 0 Å². The normalized spacial score (nSPS) is 10.6. The molecule has 122 valence electrons. The summed E-state index contributed by atoms with van der Waals surface area (Å²) in [6, 6.07) is 12.2. The summed E-state index contributed by atoms with van der Waals surface area (Å²) >= 11 is 0. The van der Waals surface area contributed by atoms with Gasteiger partial charge in [0.2, 0.25) is 5.91 Å². The molecule has 0 atom stereocenters. The fourth-order valence-electron chi connectivity index (χ4n) is 2.37. The van der Waals surface area contributed by atoms with Crippen LogP contribution in [0.15, 0.2) is 42.6 Å². The van der Waals surface area contributed by atoms with Crippen molar-refractivity contribution in [2.24, 2.45) is 5.92 Å². The molecule has 0 aliphatic heterocycles. The molecule has 1 heterocycles. The molecule has 0 aliphatic rings. The lowest BCUT2D eigenvalue weighted by Gasteiger charge is -2.12. The Balaban J connectivity index is 1.89. The zero-order valence-corrected chi connectivity index (χ0v) is 14.1. The van der Waals surface area contributed by atoms with Crippen molar-refractivity contribution in [3.8, 4) is 0 Å². The van der Waals surface area contributed by atoms with Crippen LogP contribution in [0.5, 0.6) is 0 Å². The largest absolute Gasteiger partial charge is 0.380 e. The first-order valence-corrected chi connectivity index (χ1v) is 8.18. The second kappa shape index (κ2) is 8.32. The molecule has 0 fully saturated rings. The van der Waals surface area contributed by atoms with Crippen LogP contribution < -0.4 is 10.6 Å². The van der Waals surface area contributed by atoms with Gasteiger partial charge in [0.05, 0.1) is 11.9 Å². The maximum Gasteiger partial charge on any atom is 0.228 e. The van der Waals surface area contributed by atoms with Crippen LogP contribution in [0.2, 0.25) is 0 Å². The van der Waals surface area contributed by atoms with Gasteiger partial charge in [0.25, 0.3) is 0 Å². The van der Waals surface area contributed by atoms with Gasteiger partial charge in [-0.1, -0.05) is 43.7 Å². The first-order valence-electron chi connectivity index (χ1n) is 8.18. The van der Waals surface area contributed by atoms with E-state index >= 15 is 0 Å². The number of benzene rings is 1. The lowest BCUT2D eigenvalue weighted by Crippen LogP contribution is -2.22. The van der Waals surface area contributed by atoms with Gasteiger partial charge in [-0.05, 0) is 37.5 Å². The van der Waals surface area contributed by atoms with Crippen molar-refractivity contribution >= 4 is 17.4 Å². The van der Waals surface area contributed by atoms with E-state index in [1.807, 2.05) is 26.0 Å². The third kappa shape index (κ3) is 5.09. The maximum atomic E-state index is 12.0. The number of rotatable bonds is 7. The lowest BCUT2D eigenvalue weighted by atomic mass is 10.0. The Morgan fingerprint density at radius 1 is 1.09 bits per heavy atom. The predicted molar refractivity (Wildman–Crippen MR) is 95.4 cm³/mol. The van der Waals surface area contributed by atoms with Gasteiger partial charge in [0, 0.05) is 12.5 Å². The molecule has 0 aliphatic carbocycles. The third-order valence-corrected chi connectivity index (χ3v) is 3.99. The molecule has 0 saturated heterocycles. The van der Waals surface area contributed by atoms with E-state index in [0.717, 1.165) is 25.1 Å². The van der Waals surface area contributed by atoms with E-state index in [2.05, 4.69) is 46.8 Å². The van der Waals surface area contributed by atoms with Crippen LogP contribution in [0.1, 0.15) is 37.8 Å². The summed E-state index contributed by atoms with van der Waals surface area (Å²) in [6.07, 6.45) is 3.44. The highest BCUT2D eigenvalue weighted by Gasteiger charge is 2.14. The van der Waals surface area contributed by atoms with Crippen LogP contribution >= 0.6 is 0 Å². The Morgan fingerprint density at radius 2 is 1.78 bits per heavy atom. The quantitative estimate of drug-likeness (QED) is 0.798. The van der Waals surface area contributed by atoms with E-state index in [1.165, 1.54) is 11.1 Å². The molecule has 2 rings (SSSR count). The van der Waals surface area contributed by atoms with Gasteiger partial charge in [0.15, 0.2) is 0 Å². The first kappa shape index (κ1) is 17.0. The summed E-state index contributed by atoms with van der Waals surface area (Å²) in [5, 5.41) is 6.20. The van der Waals surface area contributed by atoms with Crippen molar-refractivity contribution in [1.82, 2.24) is 4.98 Å². The fourth-order valence-corrected chi connectivity index (χ4v) is 2.37. The van der Waals surface area contributed by atoms with E-state index in [1.54, 1.807) is 6.20 Å². The molecule has 0 saturated carbocycles. The lowest BCUT2D eigenvalue weighted by molar-refractivity contribution is -0.120. The van der Waals surface area contributed by atoms with Crippen molar-refractivity contribution in [2.75, 3.05) is 10.6 Å². The summed E-state index contributed by atoms with van der Waals surface area (Å²) in [5.41, 5.74) is 3.42. The van der Waals surface area contributed by atoms with Gasteiger partial charge in [-0.25, -0.2) is 4.98 Å².